The number of carbonyl (C=O) groups is 1. The van der Waals surface area contributed by atoms with Gasteiger partial charge in [0.15, 0.2) is 0 Å². The molecule has 4 heteroatoms. The van der Waals surface area contributed by atoms with Crippen LogP contribution in [-0.2, 0) is 9.53 Å². The highest BCUT2D eigenvalue weighted by molar-refractivity contribution is 5.79. The van der Waals surface area contributed by atoms with Crippen LogP contribution in [0.25, 0.3) is 0 Å². The molecule has 0 aromatic carbocycles. The van der Waals surface area contributed by atoms with Crippen molar-refractivity contribution in [3.05, 3.63) is 0 Å². The van der Waals surface area contributed by atoms with Crippen LogP contribution in [-0.4, -0.2) is 30.7 Å². The van der Waals surface area contributed by atoms with E-state index in [4.69, 9.17) is 10.5 Å². The minimum Gasteiger partial charge on any atom is -0.376 e. The summed E-state index contributed by atoms with van der Waals surface area (Å²) in [5.74, 6) is -0.310. The molecular formula is C11H24N2O2. The molecule has 0 aliphatic rings. The van der Waals surface area contributed by atoms with Crippen LogP contribution < -0.4 is 11.1 Å². The summed E-state index contributed by atoms with van der Waals surface area (Å²) in [5.41, 5.74) is 5.13. The molecule has 1 unspecified atom stereocenters. The summed E-state index contributed by atoms with van der Waals surface area (Å²) in [6.45, 7) is 9.41. The SMILES string of the molecule is CCNC(CCOC(C)(C)CC)C(N)=O. The third-order valence-corrected chi connectivity index (χ3v) is 2.54. The van der Waals surface area contributed by atoms with Gasteiger partial charge in [0.2, 0.25) is 5.91 Å². The van der Waals surface area contributed by atoms with E-state index in [0.717, 1.165) is 13.0 Å². The van der Waals surface area contributed by atoms with Crippen molar-refractivity contribution in [3.63, 3.8) is 0 Å². The monoisotopic (exact) mass is 216 g/mol. The largest absolute Gasteiger partial charge is 0.376 e. The molecule has 0 bridgehead atoms. The van der Waals surface area contributed by atoms with Crippen LogP contribution in [0.2, 0.25) is 0 Å². The number of nitrogens with one attached hydrogen (secondary N) is 1. The van der Waals surface area contributed by atoms with Crippen molar-refractivity contribution in [2.45, 2.75) is 52.2 Å². The second-order valence-corrected chi connectivity index (χ2v) is 4.26. The fourth-order valence-corrected chi connectivity index (χ4v) is 1.15. The summed E-state index contributed by atoms with van der Waals surface area (Å²) < 4.78 is 5.66. The van der Waals surface area contributed by atoms with Crippen molar-refractivity contribution in [2.24, 2.45) is 5.73 Å². The Hall–Kier alpha value is -0.610. The third-order valence-electron chi connectivity index (χ3n) is 2.54. The van der Waals surface area contributed by atoms with Crippen LogP contribution in [0.3, 0.4) is 0 Å². The van der Waals surface area contributed by atoms with Gasteiger partial charge >= 0.3 is 0 Å². The summed E-state index contributed by atoms with van der Waals surface area (Å²) in [6.07, 6.45) is 1.59. The van der Waals surface area contributed by atoms with E-state index in [1.54, 1.807) is 0 Å². The molecule has 1 atom stereocenters. The molecule has 0 aromatic heterocycles. The van der Waals surface area contributed by atoms with E-state index in [2.05, 4.69) is 12.2 Å². The van der Waals surface area contributed by atoms with Crippen LogP contribution in [0.15, 0.2) is 0 Å². The van der Waals surface area contributed by atoms with E-state index in [1.165, 1.54) is 0 Å². The van der Waals surface area contributed by atoms with Gasteiger partial charge in [0.1, 0.15) is 0 Å². The molecule has 3 N–H and O–H groups in total. The Morgan fingerprint density at radius 1 is 1.47 bits per heavy atom. The lowest BCUT2D eigenvalue weighted by Gasteiger charge is -2.24. The number of primary amides is 1. The second kappa shape index (κ2) is 6.80. The van der Waals surface area contributed by atoms with Gasteiger partial charge < -0.3 is 15.8 Å². The van der Waals surface area contributed by atoms with Gasteiger partial charge in [0.25, 0.3) is 0 Å². The molecular weight excluding hydrogens is 192 g/mol. The van der Waals surface area contributed by atoms with Gasteiger partial charge in [-0.2, -0.15) is 0 Å². The molecule has 15 heavy (non-hydrogen) atoms. The predicted octanol–water partition coefficient (Wildman–Crippen LogP) is 1.05. The van der Waals surface area contributed by atoms with Gasteiger partial charge in [-0.25, -0.2) is 0 Å². The number of hydrogen-bond acceptors (Lipinski definition) is 3. The van der Waals surface area contributed by atoms with Crippen molar-refractivity contribution < 1.29 is 9.53 Å². The third kappa shape index (κ3) is 6.47. The lowest BCUT2D eigenvalue weighted by atomic mass is 10.1. The van der Waals surface area contributed by atoms with E-state index in [9.17, 15) is 4.79 Å². The molecule has 0 radical (unpaired) electrons. The summed E-state index contributed by atoms with van der Waals surface area (Å²) in [6, 6.07) is -0.275. The highest BCUT2D eigenvalue weighted by Crippen LogP contribution is 2.13. The number of nitrogens with two attached hydrogens (primary N) is 1. The number of carbonyl (C=O) groups excluding carboxylic acids is 1. The van der Waals surface area contributed by atoms with Crippen molar-refractivity contribution >= 4 is 5.91 Å². The number of rotatable bonds is 8. The van der Waals surface area contributed by atoms with E-state index in [1.807, 2.05) is 20.8 Å². The van der Waals surface area contributed by atoms with Crippen LogP contribution in [0.5, 0.6) is 0 Å². The normalized spacial score (nSPS) is 13.9. The number of likely N-dealkylation sites (N-methyl/N-ethyl adjacent to an activating group) is 1. The van der Waals surface area contributed by atoms with Crippen molar-refractivity contribution in [1.82, 2.24) is 5.32 Å². The molecule has 1 amide bonds. The van der Waals surface area contributed by atoms with Crippen LogP contribution >= 0.6 is 0 Å². The molecule has 0 heterocycles. The smallest absolute Gasteiger partial charge is 0.234 e. The molecule has 0 aliphatic heterocycles. The summed E-state index contributed by atoms with van der Waals surface area (Å²) in [4.78, 5) is 11.0. The summed E-state index contributed by atoms with van der Waals surface area (Å²) in [5, 5.41) is 3.03. The fourth-order valence-electron chi connectivity index (χ4n) is 1.15. The Bertz CT molecular complexity index is 193. The topological polar surface area (TPSA) is 64.3 Å². The Morgan fingerprint density at radius 3 is 2.47 bits per heavy atom. The Balaban J connectivity index is 3.85. The first kappa shape index (κ1) is 14.4. The Labute approximate surface area is 92.6 Å². The first-order valence-corrected chi connectivity index (χ1v) is 5.59. The van der Waals surface area contributed by atoms with Gasteiger partial charge in [-0.1, -0.05) is 13.8 Å². The molecule has 0 spiro atoms. The van der Waals surface area contributed by atoms with E-state index < -0.39 is 0 Å². The first-order chi connectivity index (χ1) is 6.93. The van der Waals surface area contributed by atoms with Crippen LogP contribution in [0, 0.1) is 0 Å². The fraction of sp³-hybridized carbons (Fsp3) is 0.909. The summed E-state index contributed by atoms with van der Waals surface area (Å²) in [7, 11) is 0. The van der Waals surface area contributed by atoms with E-state index in [-0.39, 0.29) is 17.6 Å². The maximum absolute atomic E-state index is 11.0. The zero-order chi connectivity index (χ0) is 11.9. The highest BCUT2D eigenvalue weighted by atomic mass is 16.5. The van der Waals surface area contributed by atoms with Crippen LogP contribution in [0.1, 0.15) is 40.5 Å². The maximum atomic E-state index is 11.0. The van der Waals surface area contributed by atoms with Crippen molar-refractivity contribution in [3.8, 4) is 0 Å². The lowest BCUT2D eigenvalue weighted by Crippen LogP contribution is -2.42. The highest BCUT2D eigenvalue weighted by Gasteiger charge is 2.18. The van der Waals surface area contributed by atoms with E-state index in [0.29, 0.717) is 13.0 Å². The Morgan fingerprint density at radius 2 is 2.07 bits per heavy atom. The number of amides is 1. The quantitative estimate of drug-likeness (QED) is 0.637. The van der Waals surface area contributed by atoms with Crippen molar-refractivity contribution in [2.75, 3.05) is 13.2 Å². The molecule has 4 nitrogen and oxygen atoms in total. The number of hydrogen-bond donors (Lipinski definition) is 2. The first-order valence-electron chi connectivity index (χ1n) is 5.59. The van der Waals surface area contributed by atoms with Gasteiger partial charge in [-0.15, -0.1) is 0 Å². The zero-order valence-corrected chi connectivity index (χ0v) is 10.3. The average molecular weight is 216 g/mol. The second-order valence-electron chi connectivity index (χ2n) is 4.26. The van der Waals surface area contributed by atoms with Gasteiger partial charge in [0.05, 0.1) is 11.6 Å². The molecule has 0 rings (SSSR count). The zero-order valence-electron chi connectivity index (χ0n) is 10.3. The van der Waals surface area contributed by atoms with Crippen LogP contribution in [0.4, 0.5) is 0 Å². The minimum absolute atomic E-state index is 0.117. The number of ether oxygens (including phenoxy) is 1. The van der Waals surface area contributed by atoms with Crippen molar-refractivity contribution in [1.29, 1.82) is 0 Å². The summed E-state index contributed by atoms with van der Waals surface area (Å²) >= 11 is 0. The Kier molecular flexibility index (Phi) is 6.52. The maximum Gasteiger partial charge on any atom is 0.234 e. The molecule has 0 fully saturated rings. The molecule has 90 valence electrons. The van der Waals surface area contributed by atoms with E-state index >= 15 is 0 Å². The molecule has 0 saturated heterocycles. The standard InChI is InChI=1S/C11H24N2O2/c1-5-11(3,4)15-8-7-9(10(12)14)13-6-2/h9,13H,5-8H2,1-4H3,(H2,12,14). The average Bonchev–Trinajstić information content (AvgIpc) is 2.16. The predicted molar refractivity (Wildman–Crippen MR) is 61.6 cm³/mol. The minimum atomic E-state index is -0.310. The molecule has 0 aliphatic carbocycles. The molecule has 0 saturated carbocycles. The lowest BCUT2D eigenvalue weighted by molar-refractivity contribution is -0.121. The van der Waals surface area contributed by atoms with Gasteiger partial charge in [-0.3, -0.25) is 4.79 Å². The van der Waals surface area contributed by atoms with Gasteiger partial charge in [-0.05, 0) is 33.2 Å². The van der Waals surface area contributed by atoms with Gasteiger partial charge in [0, 0.05) is 6.61 Å². The molecule has 0 aromatic rings.